The Balaban J connectivity index is 4.48. The minimum atomic E-state index is -0.813. The van der Waals surface area contributed by atoms with Gasteiger partial charge in [0, 0.05) is 19.3 Å². The fraction of sp³-hybridized carbons (Fsp3) is 0.635. The maximum Gasteiger partial charge on any atom is 0.306 e. The van der Waals surface area contributed by atoms with E-state index in [1.807, 2.05) is 0 Å². The lowest BCUT2D eigenvalue weighted by atomic mass is 10.1. The second kappa shape index (κ2) is 56.4. The highest BCUT2D eigenvalue weighted by molar-refractivity contribution is 5.71. The lowest BCUT2D eigenvalue weighted by molar-refractivity contribution is -0.167. The normalized spacial score (nSPS) is 13.0. The average Bonchev–Trinajstić information content (AvgIpc) is 3.35. The predicted octanol–water partition coefficient (Wildman–Crippen LogP) is 18.9. The summed E-state index contributed by atoms with van der Waals surface area (Å²) in [6, 6.07) is 0. The van der Waals surface area contributed by atoms with Gasteiger partial charge in [-0.05, 0) is 128 Å². The van der Waals surface area contributed by atoms with E-state index >= 15 is 0 Å². The number of carbonyl (C=O) groups excluding carboxylic acids is 3. The molecule has 1 unspecified atom stereocenters. The molecule has 390 valence electrons. The number of unbranched alkanes of at least 4 members (excludes halogenated alkanes) is 18. The molecule has 0 aliphatic heterocycles. The summed E-state index contributed by atoms with van der Waals surface area (Å²) in [6.45, 7) is 6.33. The van der Waals surface area contributed by atoms with Gasteiger partial charge in [-0.25, -0.2) is 0 Å². The topological polar surface area (TPSA) is 78.9 Å². The molecule has 0 N–H and O–H groups in total. The van der Waals surface area contributed by atoms with E-state index < -0.39 is 6.10 Å². The number of hydrogen-bond acceptors (Lipinski definition) is 6. The molecule has 0 saturated heterocycles. The zero-order valence-electron chi connectivity index (χ0n) is 44.5. The molecule has 0 rings (SSSR count). The van der Waals surface area contributed by atoms with Crippen LogP contribution in [0.3, 0.4) is 0 Å². The Hall–Kier alpha value is -4.19. The van der Waals surface area contributed by atoms with Crippen LogP contribution in [0.1, 0.15) is 239 Å². The van der Waals surface area contributed by atoms with Crippen LogP contribution in [-0.4, -0.2) is 37.2 Å². The Morgan fingerprint density at radius 1 is 0.304 bits per heavy atom. The molecule has 0 radical (unpaired) electrons. The minimum absolute atomic E-state index is 0.108. The zero-order valence-corrected chi connectivity index (χ0v) is 44.5. The van der Waals surface area contributed by atoms with E-state index in [9.17, 15) is 14.4 Å². The van der Waals surface area contributed by atoms with E-state index in [2.05, 4.69) is 142 Å². The van der Waals surface area contributed by atoms with Crippen LogP contribution in [0.2, 0.25) is 0 Å². The van der Waals surface area contributed by atoms with Crippen molar-refractivity contribution in [2.75, 3.05) is 13.2 Å². The van der Waals surface area contributed by atoms with E-state index in [4.69, 9.17) is 14.2 Å². The van der Waals surface area contributed by atoms with Gasteiger partial charge in [-0.3, -0.25) is 14.4 Å². The summed E-state index contributed by atoms with van der Waals surface area (Å²) in [5, 5.41) is 0. The lowest BCUT2D eigenvalue weighted by Gasteiger charge is -2.18. The summed E-state index contributed by atoms with van der Waals surface area (Å²) in [4.78, 5) is 38.1. The first-order valence-corrected chi connectivity index (χ1v) is 28.0. The number of rotatable bonds is 49. The lowest BCUT2D eigenvalue weighted by Crippen LogP contribution is -2.30. The van der Waals surface area contributed by atoms with Crippen LogP contribution >= 0.6 is 0 Å². The number of carbonyl (C=O) groups is 3. The van der Waals surface area contributed by atoms with Gasteiger partial charge < -0.3 is 14.2 Å². The van der Waals surface area contributed by atoms with Crippen LogP contribution in [0.5, 0.6) is 0 Å². The van der Waals surface area contributed by atoms with Gasteiger partial charge in [-0.1, -0.05) is 213 Å². The Morgan fingerprint density at radius 3 is 0.899 bits per heavy atom. The van der Waals surface area contributed by atoms with E-state index in [1.165, 1.54) is 51.4 Å². The largest absolute Gasteiger partial charge is 0.462 e. The maximum atomic E-state index is 12.8. The highest BCUT2D eigenvalue weighted by Gasteiger charge is 2.19. The van der Waals surface area contributed by atoms with Crippen molar-refractivity contribution < 1.29 is 28.6 Å². The Bertz CT molecular complexity index is 1470. The van der Waals surface area contributed by atoms with Crippen molar-refractivity contribution in [3.63, 3.8) is 0 Å². The predicted molar refractivity (Wildman–Crippen MR) is 297 cm³/mol. The molecule has 0 bridgehead atoms. The summed E-state index contributed by atoms with van der Waals surface area (Å²) in [6.07, 6.45) is 77.6. The third-order valence-corrected chi connectivity index (χ3v) is 11.4. The Kier molecular flexibility index (Phi) is 53.0. The molecule has 0 aromatic heterocycles. The van der Waals surface area contributed by atoms with Crippen molar-refractivity contribution in [3.05, 3.63) is 122 Å². The molecule has 69 heavy (non-hydrogen) atoms. The third kappa shape index (κ3) is 54.6. The molecular weight excluding hydrogens is 853 g/mol. The van der Waals surface area contributed by atoms with Gasteiger partial charge in [-0.15, -0.1) is 0 Å². The van der Waals surface area contributed by atoms with Crippen molar-refractivity contribution in [2.24, 2.45) is 0 Å². The van der Waals surface area contributed by atoms with Gasteiger partial charge in [0.25, 0.3) is 0 Å². The molecule has 0 fully saturated rings. The third-order valence-electron chi connectivity index (χ3n) is 11.4. The van der Waals surface area contributed by atoms with Gasteiger partial charge in [-0.2, -0.15) is 0 Å². The molecule has 0 spiro atoms. The van der Waals surface area contributed by atoms with Crippen LogP contribution in [0, 0.1) is 0 Å². The minimum Gasteiger partial charge on any atom is -0.462 e. The van der Waals surface area contributed by atoms with Crippen LogP contribution in [0.15, 0.2) is 122 Å². The van der Waals surface area contributed by atoms with Gasteiger partial charge in [0.05, 0.1) is 0 Å². The van der Waals surface area contributed by atoms with Crippen LogP contribution in [0.25, 0.3) is 0 Å². The number of ether oxygens (including phenoxy) is 3. The molecule has 6 nitrogen and oxygen atoms in total. The monoisotopic (exact) mass is 955 g/mol. The second-order valence-electron chi connectivity index (χ2n) is 18.1. The van der Waals surface area contributed by atoms with Crippen LogP contribution in [0.4, 0.5) is 0 Å². The van der Waals surface area contributed by atoms with Crippen molar-refractivity contribution in [1.29, 1.82) is 0 Å². The molecule has 0 saturated carbocycles. The van der Waals surface area contributed by atoms with Crippen molar-refractivity contribution >= 4 is 17.9 Å². The van der Waals surface area contributed by atoms with Crippen molar-refractivity contribution in [3.8, 4) is 0 Å². The van der Waals surface area contributed by atoms with Gasteiger partial charge >= 0.3 is 17.9 Å². The molecule has 1 atom stereocenters. The molecule has 6 heteroatoms. The molecular formula is C63H102O6. The maximum absolute atomic E-state index is 12.8. The van der Waals surface area contributed by atoms with Crippen LogP contribution < -0.4 is 0 Å². The first-order valence-electron chi connectivity index (χ1n) is 28.0. The summed E-state index contributed by atoms with van der Waals surface area (Å²) >= 11 is 0. The highest BCUT2D eigenvalue weighted by atomic mass is 16.6. The first kappa shape index (κ1) is 64.8. The van der Waals surface area contributed by atoms with Crippen LogP contribution in [-0.2, 0) is 28.6 Å². The molecule has 0 aromatic rings. The van der Waals surface area contributed by atoms with Crippen molar-refractivity contribution in [2.45, 2.75) is 245 Å². The Morgan fingerprint density at radius 2 is 0.565 bits per heavy atom. The standard InChI is InChI=1S/C63H102O6/c1-4-7-10-13-16-19-22-25-27-29-30-31-32-34-35-38-41-44-47-50-53-56-62(65)68-59-60(58-67-61(64)55-52-49-46-43-40-37-24-21-18-15-12-9-6-3)69-63(66)57-54-51-48-45-42-39-36-33-28-26-23-20-17-14-11-8-5-2/h8-9,11-12,17-18,20-22,25-26,28-30,32,34,36-37,39-40,60H,4-7,10,13-16,19,23-24,27,31,33,35,38,41-59H2,1-3H3/b11-8-,12-9-,20-17-,21-18-,25-22-,28-26-,30-29-,34-32-,39-36-,40-37-. The summed E-state index contributed by atoms with van der Waals surface area (Å²) in [5.74, 6) is -0.978. The summed E-state index contributed by atoms with van der Waals surface area (Å²) < 4.78 is 16.8. The average molecular weight is 956 g/mol. The van der Waals surface area contributed by atoms with Gasteiger partial charge in [0.1, 0.15) is 13.2 Å². The van der Waals surface area contributed by atoms with E-state index in [-0.39, 0.29) is 37.5 Å². The van der Waals surface area contributed by atoms with E-state index in [0.29, 0.717) is 12.8 Å². The fourth-order valence-electron chi connectivity index (χ4n) is 7.28. The molecule has 0 aliphatic rings. The number of hydrogen-bond donors (Lipinski definition) is 0. The highest BCUT2D eigenvalue weighted by Crippen LogP contribution is 2.13. The molecule has 0 aliphatic carbocycles. The molecule has 0 aromatic carbocycles. The Labute approximate surface area is 424 Å². The SMILES string of the molecule is CC/C=C\C/C=C\C/C=C\C/C=C\CCCCCCC(=O)OC(COC(=O)CCCCC/C=C\C/C=C\C/C=C\CC)COC(=O)CCCCCCCC/C=C\C/C=C\C/C=C\CCCCCCC. The summed E-state index contributed by atoms with van der Waals surface area (Å²) in [5.41, 5.74) is 0. The van der Waals surface area contributed by atoms with Gasteiger partial charge in [0.2, 0.25) is 0 Å². The second-order valence-corrected chi connectivity index (χ2v) is 18.1. The smallest absolute Gasteiger partial charge is 0.306 e. The zero-order chi connectivity index (χ0) is 50.0. The van der Waals surface area contributed by atoms with Gasteiger partial charge in [0.15, 0.2) is 6.10 Å². The number of allylic oxidation sites excluding steroid dienone is 20. The van der Waals surface area contributed by atoms with E-state index in [1.54, 1.807) is 0 Å². The first-order chi connectivity index (χ1) is 34.0. The fourth-order valence-corrected chi connectivity index (χ4v) is 7.28. The number of esters is 3. The summed E-state index contributed by atoms with van der Waals surface area (Å²) in [7, 11) is 0. The van der Waals surface area contributed by atoms with Crippen molar-refractivity contribution in [1.82, 2.24) is 0 Å². The quantitative estimate of drug-likeness (QED) is 0.0262. The molecule has 0 amide bonds. The van der Waals surface area contributed by atoms with E-state index in [0.717, 1.165) is 148 Å². The molecule has 0 heterocycles.